The molecule has 0 saturated heterocycles. The van der Waals surface area contributed by atoms with E-state index in [0.717, 1.165) is 12.8 Å². The summed E-state index contributed by atoms with van der Waals surface area (Å²) in [6.45, 7) is 1.94. The van der Waals surface area contributed by atoms with Gasteiger partial charge in [-0.05, 0) is 6.42 Å². The first kappa shape index (κ1) is 12.8. The minimum absolute atomic E-state index is 0.0144. The van der Waals surface area contributed by atoms with Crippen molar-refractivity contribution in [1.82, 2.24) is 0 Å². The third kappa shape index (κ3) is 9.73. The first-order valence-corrected chi connectivity index (χ1v) is 5.27. The fraction of sp³-hybridized carbons (Fsp3) is 0.875. The summed E-state index contributed by atoms with van der Waals surface area (Å²) in [7, 11) is 0. The second-order valence-electron chi connectivity index (χ2n) is 2.75. The molecule has 0 unspecified atom stereocenters. The lowest BCUT2D eigenvalue weighted by Gasteiger charge is -2.04. The second-order valence-corrected chi connectivity index (χ2v) is 3.74. The molecule has 0 atom stereocenters. The van der Waals surface area contributed by atoms with Gasteiger partial charge in [-0.15, -0.1) is 11.8 Å². The van der Waals surface area contributed by atoms with Crippen molar-refractivity contribution >= 4 is 17.5 Å². The zero-order valence-corrected chi connectivity index (χ0v) is 8.30. The van der Waals surface area contributed by atoms with Crippen LogP contribution in [0.3, 0.4) is 0 Å². The molecule has 78 valence electrons. The SMILES string of the molecule is CCCCC(=O)CSCC(F)(F)F. The Morgan fingerprint density at radius 3 is 2.46 bits per heavy atom. The normalized spacial score (nSPS) is 11.7. The summed E-state index contributed by atoms with van der Waals surface area (Å²) >= 11 is 0.644. The zero-order chi connectivity index (χ0) is 10.3. The maximum atomic E-state index is 11.6. The number of carbonyl (C=O) groups is 1. The molecule has 1 nitrogen and oxygen atoms in total. The van der Waals surface area contributed by atoms with E-state index in [0.29, 0.717) is 18.2 Å². The Balaban J connectivity index is 3.37. The largest absolute Gasteiger partial charge is 0.397 e. The first-order valence-electron chi connectivity index (χ1n) is 4.12. The lowest BCUT2D eigenvalue weighted by atomic mass is 10.2. The smallest absolute Gasteiger partial charge is 0.299 e. The fourth-order valence-corrected chi connectivity index (χ4v) is 1.43. The van der Waals surface area contributed by atoms with E-state index in [4.69, 9.17) is 0 Å². The molecule has 0 bridgehead atoms. The lowest BCUT2D eigenvalue weighted by molar-refractivity contribution is -0.116. The van der Waals surface area contributed by atoms with E-state index >= 15 is 0 Å². The van der Waals surface area contributed by atoms with Crippen LogP contribution in [-0.4, -0.2) is 23.5 Å². The first-order chi connectivity index (χ1) is 5.95. The number of halogens is 3. The Morgan fingerprint density at radius 2 is 2.00 bits per heavy atom. The minimum Gasteiger partial charge on any atom is -0.299 e. The average molecular weight is 214 g/mol. The number of hydrogen-bond acceptors (Lipinski definition) is 2. The van der Waals surface area contributed by atoms with Crippen LogP contribution in [0.5, 0.6) is 0 Å². The third-order valence-electron chi connectivity index (χ3n) is 1.34. The van der Waals surface area contributed by atoms with Crippen molar-refractivity contribution in [3.05, 3.63) is 0 Å². The van der Waals surface area contributed by atoms with E-state index in [2.05, 4.69) is 0 Å². The Kier molecular flexibility index (Phi) is 6.20. The highest BCUT2D eigenvalue weighted by Gasteiger charge is 2.26. The van der Waals surface area contributed by atoms with E-state index in [1.807, 2.05) is 6.92 Å². The molecule has 0 rings (SSSR count). The highest BCUT2D eigenvalue weighted by molar-refractivity contribution is 8.00. The Bertz CT molecular complexity index is 156. The van der Waals surface area contributed by atoms with Gasteiger partial charge in [-0.2, -0.15) is 13.2 Å². The summed E-state index contributed by atoms with van der Waals surface area (Å²) in [5.74, 6) is -1.03. The van der Waals surface area contributed by atoms with Crippen LogP contribution in [0.2, 0.25) is 0 Å². The van der Waals surface area contributed by atoms with Crippen LogP contribution >= 0.6 is 11.8 Å². The standard InChI is InChI=1S/C8H13F3OS/c1-2-3-4-7(12)5-13-6-8(9,10)11/h2-6H2,1H3. The van der Waals surface area contributed by atoms with Crippen molar-refractivity contribution < 1.29 is 18.0 Å². The fourth-order valence-electron chi connectivity index (χ4n) is 0.727. The van der Waals surface area contributed by atoms with E-state index in [1.165, 1.54) is 0 Å². The molecule has 0 aliphatic rings. The summed E-state index contributed by atoms with van der Waals surface area (Å²) in [5.41, 5.74) is 0. The van der Waals surface area contributed by atoms with E-state index < -0.39 is 11.9 Å². The average Bonchev–Trinajstić information content (AvgIpc) is 1.98. The quantitative estimate of drug-likeness (QED) is 0.676. The molecule has 0 amide bonds. The van der Waals surface area contributed by atoms with Crippen LogP contribution < -0.4 is 0 Å². The number of rotatable bonds is 6. The number of thioether (sulfide) groups is 1. The molecular weight excluding hydrogens is 201 g/mol. The monoisotopic (exact) mass is 214 g/mol. The molecule has 0 heterocycles. The summed E-state index contributed by atoms with van der Waals surface area (Å²) in [6.07, 6.45) is -2.09. The summed E-state index contributed by atoms with van der Waals surface area (Å²) in [6, 6.07) is 0. The van der Waals surface area contributed by atoms with Crippen LogP contribution in [-0.2, 0) is 4.79 Å². The van der Waals surface area contributed by atoms with Crippen molar-refractivity contribution in [3.63, 3.8) is 0 Å². The van der Waals surface area contributed by atoms with Gasteiger partial charge in [0.25, 0.3) is 0 Å². The maximum Gasteiger partial charge on any atom is 0.397 e. The van der Waals surface area contributed by atoms with Gasteiger partial charge in [0.05, 0.1) is 11.5 Å². The van der Waals surface area contributed by atoms with Crippen molar-refractivity contribution in [3.8, 4) is 0 Å². The van der Waals surface area contributed by atoms with Crippen LogP contribution in [0.25, 0.3) is 0 Å². The maximum absolute atomic E-state index is 11.6. The van der Waals surface area contributed by atoms with Crippen molar-refractivity contribution in [2.24, 2.45) is 0 Å². The number of ketones is 1. The molecular formula is C8H13F3OS. The predicted molar refractivity (Wildman–Crippen MR) is 47.9 cm³/mol. The molecule has 0 radical (unpaired) electrons. The van der Waals surface area contributed by atoms with E-state index in [1.54, 1.807) is 0 Å². The van der Waals surface area contributed by atoms with Gasteiger partial charge in [0.1, 0.15) is 5.78 Å². The van der Waals surface area contributed by atoms with Gasteiger partial charge in [0, 0.05) is 6.42 Å². The number of carbonyl (C=O) groups excluding carboxylic acids is 1. The topological polar surface area (TPSA) is 17.1 Å². The van der Waals surface area contributed by atoms with Gasteiger partial charge in [0.15, 0.2) is 0 Å². The Morgan fingerprint density at radius 1 is 1.38 bits per heavy atom. The Labute approximate surface area is 80.1 Å². The second kappa shape index (κ2) is 6.29. The highest BCUT2D eigenvalue weighted by atomic mass is 32.2. The number of Topliss-reactive ketones (excluding diaryl/α,β-unsaturated/α-hetero) is 1. The zero-order valence-electron chi connectivity index (χ0n) is 7.49. The minimum atomic E-state index is -4.16. The molecule has 0 fully saturated rings. The molecule has 0 aromatic heterocycles. The van der Waals surface area contributed by atoms with E-state index in [-0.39, 0.29) is 11.5 Å². The molecule has 5 heteroatoms. The Hall–Kier alpha value is -0.190. The van der Waals surface area contributed by atoms with Crippen LogP contribution in [0.4, 0.5) is 13.2 Å². The molecule has 0 spiro atoms. The van der Waals surface area contributed by atoms with Crippen LogP contribution in [0, 0.1) is 0 Å². The summed E-state index contributed by atoms with van der Waals surface area (Å²) in [5, 5.41) is 0. The van der Waals surface area contributed by atoms with Crippen molar-refractivity contribution in [2.75, 3.05) is 11.5 Å². The number of unbranched alkanes of at least 4 members (excludes halogenated alkanes) is 1. The predicted octanol–water partition coefficient (Wildman–Crippen LogP) is 3.04. The van der Waals surface area contributed by atoms with Gasteiger partial charge in [0.2, 0.25) is 0 Å². The van der Waals surface area contributed by atoms with Crippen LogP contribution in [0.15, 0.2) is 0 Å². The molecule has 0 saturated carbocycles. The van der Waals surface area contributed by atoms with Crippen LogP contribution in [0.1, 0.15) is 26.2 Å². The molecule has 13 heavy (non-hydrogen) atoms. The summed E-state index contributed by atoms with van der Waals surface area (Å²) in [4.78, 5) is 10.9. The number of hydrogen-bond donors (Lipinski definition) is 0. The third-order valence-corrected chi connectivity index (χ3v) is 2.40. The van der Waals surface area contributed by atoms with Gasteiger partial charge >= 0.3 is 6.18 Å². The molecule has 0 aliphatic carbocycles. The highest BCUT2D eigenvalue weighted by Crippen LogP contribution is 2.21. The number of alkyl halides is 3. The molecule has 0 aromatic rings. The van der Waals surface area contributed by atoms with Crippen molar-refractivity contribution in [1.29, 1.82) is 0 Å². The van der Waals surface area contributed by atoms with Gasteiger partial charge < -0.3 is 0 Å². The van der Waals surface area contributed by atoms with Gasteiger partial charge in [-0.3, -0.25) is 4.79 Å². The van der Waals surface area contributed by atoms with Crippen molar-refractivity contribution in [2.45, 2.75) is 32.4 Å². The van der Waals surface area contributed by atoms with Gasteiger partial charge in [-0.25, -0.2) is 0 Å². The molecule has 0 aliphatic heterocycles. The van der Waals surface area contributed by atoms with Gasteiger partial charge in [-0.1, -0.05) is 13.3 Å². The molecule has 0 N–H and O–H groups in total. The lowest BCUT2D eigenvalue weighted by Crippen LogP contribution is -2.13. The molecule has 0 aromatic carbocycles. The summed E-state index contributed by atoms with van der Waals surface area (Å²) < 4.78 is 34.9. The van der Waals surface area contributed by atoms with E-state index in [9.17, 15) is 18.0 Å².